The molecule has 5 heteroatoms. The van der Waals surface area contributed by atoms with Crippen LogP contribution in [0.5, 0.6) is 0 Å². The Balaban J connectivity index is 2.03. The molecule has 0 fully saturated rings. The summed E-state index contributed by atoms with van der Waals surface area (Å²) in [7, 11) is 4.00. The van der Waals surface area contributed by atoms with Crippen molar-refractivity contribution >= 4 is 27.5 Å². The van der Waals surface area contributed by atoms with Gasteiger partial charge in [0.25, 0.3) is 0 Å². The number of imidazole rings is 1. The van der Waals surface area contributed by atoms with Gasteiger partial charge in [0.1, 0.15) is 11.0 Å². The summed E-state index contributed by atoms with van der Waals surface area (Å²) in [6.45, 7) is 1.64. The monoisotopic (exact) mass is 327 g/mol. The van der Waals surface area contributed by atoms with Crippen LogP contribution in [-0.2, 0) is 20.1 Å². The highest BCUT2D eigenvalue weighted by atomic mass is 79.9. The first-order valence-corrected chi connectivity index (χ1v) is 6.83. The number of benzene rings is 1. The molecule has 2 aromatic rings. The molecule has 0 radical (unpaired) electrons. The molecule has 1 aromatic carbocycles. The van der Waals surface area contributed by atoms with Crippen molar-refractivity contribution in [3.05, 3.63) is 51.5 Å². The SMILES string of the molecule is CN(Cc1ccccc1Br)Cc1ncc(Cl)n1C. The lowest BCUT2D eigenvalue weighted by atomic mass is 10.2. The molecule has 3 nitrogen and oxygen atoms in total. The van der Waals surface area contributed by atoms with Crippen molar-refractivity contribution in [3.63, 3.8) is 0 Å². The van der Waals surface area contributed by atoms with Crippen LogP contribution in [0.2, 0.25) is 5.15 Å². The van der Waals surface area contributed by atoms with E-state index in [1.54, 1.807) is 6.20 Å². The van der Waals surface area contributed by atoms with Crippen LogP contribution in [0.3, 0.4) is 0 Å². The van der Waals surface area contributed by atoms with E-state index in [1.165, 1.54) is 5.56 Å². The second-order valence-electron chi connectivity index (χ2n) is 4.32. The predicted molar refractivity (Wildman–Crippen MR) is 77.5 cm³/mol. The smallest absolute Gasteiger partial charge is 0.128 e. The van der Waals surface area contributed by atoms with Gasteiger partial charge in [0, 0.05) is 18.1 Å². The summed E-state index contributed by atoms with van der Waals surface area (Å²) in [4.78, 5) is 6.50. The van der Waals surface area contributed by atoms with Crippen LogP contribution in [-0.4, -0.2) is 21.5 Å². The first-order valence-electron chi connectivity index (χ1n) is 5.66. The molecule has 0 spiro atoms. The van der Waals surface area contributed by atoms with Gasteiger partial charge < -0.3 is 4.57 Å². The highest BCUT2D eigenvalue weighted by Crippen LogP contribution is 2.18. The Labute approximate surface area is 121 Å². The number of hydrogen-bond donors (Lipinski definition) is 0. The molecule has 0 saturated heterocycles. The molecule has 0 unspecified atom stereocenters. The zero-order valence-corrected chi connectivity index (χ0v) is 12.7. The minimum absolute atomic E-state index is 0.666. The van der Waals surface area contributed by atoms with E-state index in [9.17, 15) is 0 Å². The number of hydrogen-bond acceptors (Lipinski definition) is 2. The minimum atomic E-state index is 0.666. The van der Waals surface area contributed by atoms with Gasteiger partial charge in [-0.1, -0.05) is 45.7 Å². The molecule has 0 atom stereocenters. The molecular weight excluding hydrogens is 314 g/mol. The second-order valence-corrected chi connectivity index (χ2v) is 5.56. The molecule has 96 valence electrons. The third-order valence-corrected chi connectivity index (χ3v) is 3.96. The molecule has 2 rings (SSSR count). The topological polar surface area (TPSA) is 21.1 Å². The zero-order valence-electron chi connectivity index (χ0n) is 10.4. The summed E-state index contributed by atoms with van der Waals surface area (Å²) in [6.07, 6.45) is 1.68. The number of nitrogens with zero attached hydrogens (tertiary/aromatic N) is 3. The third kappa shape index (κ3) is 3.13. The largest absolute Gasteiger partial charge is 0.321 e. The highest BCUT2D eigenvalue weighted by Gasteiger charge is 2.09. The van der Waals surface area contributed by atoms with E-state index >= 15 is 0 Å². The quantitative estimate of drug-likeness (QED) is 0.857. The van der Waals surface area contributed by atoms with Gasteiger partial charge in [-0.3, -0.25) is 4.90 Å². The van der Waals surface area contributed by atoms with Crippen molar-refractivity contribution in [2.75, 3.05) is 7.05 Å². The molecular formula is C13H15BrClN3. The van der Waals surface area contributed by atoms with Crippen molar-refractivity contribution in [1.29, 1.82) is 0 Å². The lowest BCUT2D eigenvalue weighted by Crippen LogP contribution is -2.19. The van der Waals surface area contributed by atoms with Gasteiger partial charge in [-0.05, 0) is 18.7 Å². The first-order chi connectivity index (χ1) is 8.58. The molecule has 0 bridgehead atoms. The van der Waals surface area contributed by atoms with Crippen LogP contribution in [0, 0.1) is 0 Å². The number of rotatable bonds is 4. The summed E-state index contributed by atoms with van der Waals surface area (Å²) in [5, 5.41) is 0.666. The van der Waals surface area contributed by atoms with E-state index in [2.05, 4.69) is 45.0 Å². The molecule has 0 aliphatic carbocycles. The Kier molecular flexibility index (Phi) is 4.43. The second kappa shape index (κ2) is 5.87. The lowest BCUT2D eigenvalue weighted by molar-refractivity contribution is 0.306. The number of halogens is 2. The summed E-state index contributed by atoms with van der Waals surface area (Å²) in [5.74, 6) is 0.967. The fourth-order valence-electron chi connectivity index (χ4n) is 1.79. The summed E-state index contributed by atoms with van der Waals surface area (Å²) in [6, 6.07) is 8.24. The molecule has 0 aliphatic heterocycles. The van der Waals surface area contributed by atoms with Gasteiger partial charge in [-0.2, -0.15) is 0 Å². The van der Waals surface area contributed by atoms with Crippen molar-refractivity contribution in [2.45, 2.75) is 13.1 Å². The van der Waals surface area contributed by atoms with Gasteiger partial charge in [0.2, 0.25) is 0 Å². The maximum Gasteiger partial charge on any atom is 0.128 e. The van der Waals surface area contributed by atoms with Gasteiger partial charge in [0.05, 0.1) is 12.7 Å². The Morgan fingerprint density at radius 3 is 2.67 bits per heavy atom. The van der Waals surface area contributed by atoms with E-state index < -0.39 is 0 Å². The van der Waals surface area contributed by atoms with Gasteiger partial charge in [-0.25, -0.2) is 4.98 Å². The van der Waals surface area contributed by atoms with Gasteiger partial charge in [0.15, 0.2) is 0 Å². The van der Waals surface area contributed by atoms with Crippen molar-refractivity contribution in [3.8, 4) is 0 Å². The normalized spacial score (nSPS) is 11.2. The first kappa shape index (κ1) is 13.6. The molecule has 0 amide bonds. The molecule has 1 aromatic heterocycles. The lowest BCUT2D eigenvalue weighted by Gasteiger charge is -2.17. The molecule has 0 aliphatic rings. The summed E-state index contributed by atoms with van der Waals surface area (Å²) in [5.41, 5.74) is 1.26. The highest BCUT2D eigenvalue weighted by molar-refractivity contribution is 9.10. The fraction of sp³-hybridized carbons (Fsp3) is 0.308. The Bertz CT molecular complexity index is 539. The van der Waals surface area contributed by atoms with Gasteiger partial charge >= 0.3 is 0 Å². The van der Waals surface area contributed by atoms with E-state index in [1.807, 2.05) is 23.7 Å². The van der Waals surface area contributed by atoms with Gasteiger partial charge in [-0.15, -0.1) is 0 Å². The van der Waals surface area contributed by atoms with Crippen LogP contribution in [0.4, 0.5) is 0 Å². The molecule has 1 heterocycles. The Hall–Kier alpha value is -0.840. The third-order valence-electron chi connectivity index (χ3n) is 2.84. The van der Waals surface area contributed by atoms with E-state index in [-0.39, 0.29) is 0 Å². The average molecular weight is 329 g/mol. The van der Waals surface area contributed by atoms with Crippen LogP contribution in [0.15, 0.2) is 34.9 Å². The standard InChI is InChI=1S/C13H15BrClN3/c1-17(8-10-5-3-4-6-11(10)14)9-13-16-7-12(15)18(13)2/h3-7H,8-9H2,1-2H3. The zero-order chi connectivity index (χ0) is 13.1. The predicted octanol–water partition coefficient (Wildman–Crippen LogP) is 3.47. The van der Waals surface area contributed by atoms with Crippen molar-refractivity contribution in [1.82, 2.24) is 14.5 Å². The average Bonchev–Trinajstić information content (AvgIpc) is 2.64. The maximum atomic E-state index is 5.97. The number of aromatic nitrogens is 2. The van der Waals surface area contributed by atoms with E-state index in [4.69, 9.17) is 11.6 Å². The Morgan fingerprint density at radius 2 is 2.06 bits per heavy atom. The minimum Gasteiger partial charge on any atom is -0.321 e. The Morgan fingerprint density at radius 1 is 1.33 bits per heavy atom. The molecule has 18 heavy (non-hydrogen) atoms. The van der Waals surface area contributed by atoms with E-state index in [0.29, 0.717) is 5.15 Å². The van der Waals surface area contributed by atoms with Crippen LogP contribution in [0.25, 0.3) is 0 Å². The summed E-state index contributed by atoms with van der Waals surface area (Å²) >= 11 is 9.53. The van der Waals surface area contributed by atoms with Crippen LogP contribution >= 0.6 is 27.5 Å². The van der Waals surface area contributed by atoms with Crippen LogP contribution in [0.1, 0.15) is 11.4 Å². The van der Waals surface area contributed by atoms with Crippen LogP contribution < -0.4 is 0 Å². The van der Waals surface area contributed by atoms with E-state index in [0.717, 1.165) is 23.4 Å². The van der Waals surface area contributed by atoms with Crippen molar-refractivity contribution < 1.29 is 0 Å². The molecule has 0 saturated carbocycles. The fourth-order valence-corrected chi connectivity index (χ4v) is 2.34. The summed E-state index contributed by atoms with van der Waals surface area (Å²) < 4.78 is 3.03. The van der Waals surface area contributed by atoms with Crippen molar-refractivity contribution in [2.24, 2.45) is 7.05 Å². The maximum absolute atomic E-state index is 5.97. The molecule has 0 N–H and O–H groups in total.